The number of aliphatic carboxylic acids is 1. The zero-order chi connectivity index (χ0) is 64.8. The molecule has 7 unspecified atom stereocenters. The van der Waals surface area contributed by atoms with Crippen molar-refractivity contribution >= 4 is 53.2 Å². The smallest absolute Gasteiger partial charge is 0.407 e. The largest absolute Gasteiger partial charge is 0.481 e. The Kier molecular flexibility index (Phi) is 30.7. The van der Waals surface area contributed by atoms with Gasteiger partial charge in [-0.2, -0.15) is 0 Å². The van der Waals surface area contributed by atoms with E-state index in [4.69, 9.17) is 28.8 Å². The van der Waals surface area contributed by atoms with Crippen LogP contribution in [0.5, 0.6) is 0 Å². The summed E-state index contributed by atoms with van der Waals surface area (Å²) in [6, 6.07) is 14.4. The molecule has 5 N–H and O–H groups in total. The Hall–Kier alpha value is -7.24. The van der Waals surface area contributed by atoms with Crippen LogP contribution in [-0.2, 0) is 44.6 Å². The molecule has 0 saturated carbocycles. The van der Waals surface area contributed by atoms with E-state index in [-0.39, 0.29) is 67.3 Å². The summed E-state index contributed by atoms with van der Waals surface area (Å²) >= 11 is 1.21. The van der Waals surface area contributed by atoms with Gasteiger partial charge in [0.1, 0.15) is 16.7 Å². The summed E-state index contributed by atoms with van der Waals surface area (Å²) in [4.78, 5) is 96.8. The van der Waals surface area contributed by atoms with Crippen molar-refractivity contribution in [1.82, 2.24) is 41.0 Å². The second kappa shape index (κ2) is 38.5. The number of oxime groups is 1. The number of carboxylic acids is 1. The fraction of sp³-hybridized carbons (Fsp3) is 0.559. The highest BCUT2D eigenvalue weighted by Crippen LogP contribution is 2.32. The second-order valence-electron chi connectivity index (χ2n) is 23.9. The number of amides is 5. The summed E-state index contributed by atoms with van der Waals surface area (Å²) in [6.07, 6.45) is 18.8. The Morgan fingerprint density at radius 3 is 2.12 bits per heavy atom. The molecule has 0 spiro atoms. The average molecular weight is 1260 g/mol. The number of aromatic nitrogens is 1. The van der Waals surface area contributed by atoms with Crippen LogP contribution in [0.15, 0.2) is 113 Å². The molecule has 0 bridgehead atoms. The number of carboxylic acid groups (broad SMARTS) is 1. The van der Waals surface area contributed by atoms with E-state index in [1.807, 2.05) is 77.2 Å². The van der Waals surface area contributed by atoms with E-state index in [1.165, 1.54) is 28.8 Å². The third-order valence-corrected chi connectivity index (χ3v) is 17.7. The number of hydrogen-bond acceptors (Lipinski definition) is 16. The van der Waals surface area contributed by atoms with E-state index in [0.717, 1.165) is 57.3 Å². The Morgan fingerprint density at radius 2 is 1.47 bits per heavy atom. The van der Waals surface area contributed by atoms with Gasteiger partial charge in [-0.15, -0.1) is 11.3 Å². The normalized spacial score (nSPS) is 17.6. The maximum absolute atomic E-state index is 14.6. The molecule has 2 aromatic carbocycles. The first-order valence-corrected chi connectivity index (χ1v) is 32.8. The Balaban J connectivity index is 0.948. The number of likely N-dealkylation sites (tertiary alicyclic amines) is 2. The number of hydrogen-bond donors (Lipinski definition) is 5. The van der Waals surface area contributed by atoms with Crippen LogP contribution in [0, 0.1) is 23.7 Å². The number of allylic oxidation sites excluding steroid dienone is 7. The number of thiazole rings is 1. The summed E-state index contributed by atoms with van der Waals surface area (Å²) in [5, 5.41) is 28.0. The predicted molar refractivity (Wildman–Crippen MR) is 349 cm³/mol. The zero-order valence-corrected chi connectivity index (χ0v) is 54.8. The summed E-state index contributed by atoms with van der Waals surface area (Å²) in [5.41, 5.74) is 4.61. The summed E-state index contributed by atoms with van der Waals surface area (Å²) in [7, 11) is 3.69. The van der Waals surface area contributed by atoms with Crippen molar-refractivity contribution in [2.45, 2.75) is 130 Å². The summed E-state index contributed by atoms with van der Waals surface area (Å²) in [6.45, 7) is 17.4. The van der Waals surface area contributed by atoms with Crippen molar-refractivity contribution in [2.75, 3.05) is 93.1 Å². The topological polar surface area (TPSA) is 252 Å². The maximum atomic E-state index is 14.6. The lowest BCUT2D eigenvalue weighted by molar-refractivity contribution is -0.141. The molecule has 22 heteroatoms. The molecule has 7 atom stereocenters. The van der Waals surface area contributed by atoms with Crippen molar-refractivity contribution in [2.24, 2.45) is 28.8 Å². The summed E-state index contributed by atoms with van der Waals surface area (Å²) < 4.78 is 22.3. The van der Waals surface area contributed by atoms with Crippen molar-refractivity contribution in [3.63, 3.8) is 0 Å². The first-order valence-electron chi connectivity index (χ1n) is 31.9. The standard InChI is InChI=1S/C68H97N9O12S/c1-9-48(4)61(74-64(80)58-23-17-18-32-75(58)7)66(81)76(8)59(47(2)3)43-60(65-73-56(46-90-65)63(79)72-55(41-50(6)67(82)83)42-51-20-14-12-15-21-51)89-71-44-52-24-26-54(27-25-52)62(78)69-30-35-85-37-39-87-40-38-86-36-31-70-68(84)88-45-53-28-33-77(34-29-53)57-22-16-11-10-13-19-49(57)5/h10-16,19-22,24-27,44,46-48,50,53,55,58-61H,9,17-18,23,28-43,45H2,1-8H3,(H,69,78)(H,70,84)(H,72,79)(H,74,80)(H,82,83). The molecule has 3 aliphatic rings. The van der Waals surface area contributed by atoms with Crippen LogP contribution in [-0.4, -0.2) is 184 Å². The Labute approximate surface area is 536 Å². The van der Waals surface area contributed by atoms with Gasteiger partial charge in [0.2, 0.25) is 11.8 Å². The van der Waals surface area contributed by atoms with Crippen molar-refractivity contribution in [3.05, 3.63) is 135 Å². The minimum atomic E-state index is -0.959. The average Bonchev–Trinajstić information content (AvgIpc) is 1.99. The van der Waals surface area contributed by atoms with Gasteiger partial charge in [0.15, 0.2) is 6.10 Å². The first-order chi connectivity index (χ1) is 43.4. The minimum absolute atomic E-state index is 0.0926. The molecule has 1 aromatic heterocycles. The zero-order valence-electron chi connectivity index (χ0n) is 53.9. The highest BCUT2D eigenvalue weighted by molar-refractivity contribution is 7.09. The molecule has 0 radical (unpaired) electrons. The van der Waals surface area contributed by atoms with Crippen LogP contribution in [0.2, 0.25) is 0 Å². The molecule has 2 saturated heterocycles. The molecular formula is C68H97N9O12S. The fourth-order valence-electron chi connectivity index (χ4n) is 11.0. The quantitative estimate of drug-likeness (QED) is 0.0207. The van der Waals surface area contributed by atoms with Crippen LogP contribution in [0.25, 0.3) is 0 Å². The number of nitrogens with zero attached hydrogens (tertiary/aromatic N) is 5. The van der Waals surface area contributed by atoms with Gasteiger partial charge in [-0.05, 0) is 112 Å². The lowest BCUT2D eigenvalue weighted by Gasteiger charge is -2.38. The fourth-order valence-corrected chi connectivity index (χ4v) is 11.9. The Morgan fingerprint density at radius 1 is 0.800 bits per heavy atom. The number of piperidine rings is 2. The van der Waals surface area contributed by atoms with Gasteiger partial charge < -0.3 is 60.0 Å². The molecule has 90 heavy (non-hydrogen) atoms. The van der Waals surface area contributed by atoms with E-state index in [9.17, 15) is 33.9 Å². The van der Waals surface area contributed by atoms with E-state index in [1.54, 1.807) is 48.5 Å². The monoisotopic (exact) mass is 1260 g/mol. The van der Waals surface area contributed by atoms with E-state index >= 15 is 0 Å². The van der Waals surface area contributed by atoms with Gasteiger partial charge in [-0.3, -0.25) is 28.9 Å². The lowest BCUT2D eigenvalue weighted by atomic mass is 9.92. The van der Waals surface area contributed by atoms with Gasteiger partial charge in [0.05, 0.1) is 64.4 Å². The predicted octanol–water partition coefficient (Wildman–Crippen LogP) is 8.75. The van der Waals surface area contributed by atoms with Gasteiger partial charge in [-0.1, -0.05) is 125 Å². The van der Waals surface area contributed by atoms with Crippen molar-refractivity contribution in [1.29, 1.82) is 0 Å². The molecule has 3 aromatic rings. The van der Waals surface area contributed by atoms with E-state index < -0.39 is 48.1 Å². The first kappa shape index (κ1) is 71.8. The van der Waals surface area contributed by atoms with Gasteiger partial charge >= 0.3 is 12.1 Å². The SMILES string of the molecule is CCC(C)C(NC(=O)C1CCCCN1C)C(=O)N(C)C(CC(ON=Cc1ccc(C(=O)NCCOCCOCCOCCNC(=O)OCC2CCN(C3=C(C)C=CC=CC=C3)CC2)cc1)c1nc(C(=O)NC(Cc2ccccc2)CC(C)C(=O)O)cs1)C(C)C. The molecule has 21 nitrogen and oxygen atoms in total. The summed E-state index contributed by atoms with van der Waals surface area (Å²) in [5.74, 6) is -2.72. The van der Waals surface area contributed by atoms with E-state index in [0.29, 0.717) is 81.1 Å². The van der Waals surface area contributed by atoms with Crippen LogP contribution in [0.3, 0.4) is 0 Å². The number of likely N-dealkylation sites (N-methyl/N-ethyl adjacent to an activating group) is 2. The molecule has 3 heterocycles. The van der Waals surface area contributed by atoms with Gasteiger partial charge in [0, 0.05) is 68.4 Å². The van der Waals surface area contributed by atoms with Crippen LogP contribution in [0.4, 0.5) is 4.79 Å². The third-order valence-electron chi connectivity index (χ3n) is 16.8. The van der Waals surface area contributed by atoms with Gasteiger partial charge in [0.25, 0.3) is 11.8 Å². The molecule has 6 rings (SSSR count). The maximum Gasteiger partial charge on any atom is 0.407 e. The highest BCUT2D eigenvalue weighted by atomic mass is 32.1. The number of carbonyl (C=O) groups is 6. The number of carbonyl (C=O) groups excluding carboxylic acids is 5. The van der Waals surface area contributed by atoms with Crippen LogP contribution in [0.1, 0.15) is 136 Å². The number of alkyl carbamates (subject to hydrolysis) is 1. The highest BCUT2D eigenvalue weighted by Gasteiger charge is 2.38. The van der Waals surface area contributed by atoms with Gasteiger partial charge in [-0.25, -0.2) is 9.78 Å². The van der Waals surface area contributed by atoms with Crippen molar-refractivity contribution in [3.8, 4) is 0 Å². The van der Waals surface area contributed by atoms with E-state index in [2.05, 4.69) is 67.5 Å². The molecular weight excluding hydrogens is 1170 g/mol. The molecule has 492 valence electrons. The van der Waals surface area contributed by atoms with Crippen LogP contribution >= 0.6 is 11.3 Å². The number of rotatable bonds is 36. The Bertz CT molecular complexity index is 2890. The number of benzene rings is 2. The minimum Gasteiger partial charge on any atom is -0.481 e. The molecule has 2 aliphatic heterocycles. The molecule has 5 amide bonds. The second-order valence-corrected chi connectivity index (χ2v) is 24.8. The van der Waals surface area contributed by atoms with Crippen LogP contribution < -0.4 is 21.3 Å². The molecule has 2 fully saturated rings. The lowest BCUT2D eigenvalue weighted by Crippen LogP contribution is -2.58. The van der Waals surface area contributed by atoms with Crippen molar-refractivity contribution < 1.29 is 57.7 Å². The third kappa shape index (κ3) is 23.9. The molecule has 1 aliphatic carbocycles. The number of ether oxygens (including phenoxy) is 4. The number of nitrogens with one attached hydrogen (secondary N) is 4.